The fourth-order valence-corrected chi connectivity index (χ4v) is 4.40. The fraction of sp³-hybridized carbons (Fsp3) is 0.370. The quantitative estimate of drug-likeness (QED) is 0.201. The molecule has 1 unspecified atom stereocenters. The number of fused-ring (bicyclic) bond motifs is 1. The lowest BCUT2D eigenvalue weighted by molar-refractivity contribution is -0.222. The van der Waals surface area contributed by atoms with E-state index >= 15 is 0 Å². The molecule has 3 heterocycles. The minimum absolute atomic E-state index is 0.0505. The highest BCUT2D eigenvalue weighted by atomic mass is 16.7. The van der Waals surface area contributed by atoms with Crippen LogP contribution in [0, 0.1) is 0 Å². The Morgan fingerprint density at radius 3 is 2.48 bits per heavy atom. The van der Waals surface area contributed by atoms with Crippen molar-refractivity contribution in [3.63, 3.8) is 0 Å². The third-order valence-corrected chi connectivity index (χ3v) is 5.95. The number of unbranched alkanes of at least 4 members (excludes halogenated alkanes) is 3. The van der Waals surface area contributed by atoms with Crippen LogP contribution in [0.2, 0.25) is 0 Å². The molecule has 0 radical (unpaired) electrons. The molecule has 33 heavy (non-hydrogen) atoms. The molecule has 0 amide bonds. The molecule has 1 fully saturated rings. The van der Waals surface area contributed by atoms with Gasteiger partial charge in [0.05, 0.1) is 5.52 Å². The van der Waals surface area contributed by atoms with Crippen LogP contribution >= 0.6 is 0 Å². The van der Waals surface area contributed by atoms with Gasteiger partial charge in [0.2, 0.25) is 0 Å². The maximum absolute atomic E-state index is 13.1. The highest BCUT2D eigenvalue weighted by Crippen LogP contribution is 2.41. The smallest absolute Gasteiger partial charge is 0.349 e. The van der Waals surface area contributed by atoms with Crippen molar-refractivity contribution in [2.75, 3.05) is 0 Å². The lowest BCUT2D eigenvalue weighted by Gasteiger charge is -2.32. The number of nitrogens with zero attached hydrogens (tertiary/aromatic N) is 1. The molecule has 0 bridgehead atoms. The van der Waals surface area contributed by atoms with Crippen molar-refractivity contribution in [3.05, 3.63) is 71.7 Å². The Hall–Kier alpha value is -3.41. The van der Waals surface area contributed by atoms with E-state index in [0.717, 1.165) is 48.6 Å². The van der Waals surface area contributed by atoms with Gasteiger partial charge in [-0.1, -0.05) is 50.8 Å². The number of rotatable bonds is 8. The standard InChI is InChI=1S/C27H30N2O4/c1-4-5-6-7-12-20(19-16-18-11-8-9-13-21(18)29-17-19)23(22-14-10-15-28-22)24-25(30)32-27(2,3)33-26(24)31/h8-11,13-17,20,28H,4-7,12H2,1-3H3. The Bertz CT molecular complexity index is 1160. The predicted octanol–water partition coefficient (Wildman–Crippen LogP) is 5.91. The summed E-state index contributed by atoms with van der Waals surface area (Å²) in [6.45, 7) is 5.29. The Morgan fingerprint density at radius 1 is 1.03 bits per heavy atom. The monoisotopic (exact) mass is 446 g/mol. The van der Waals surface area contributed by atoms with Crippen molar-refractivity contribution in [3.8, 4) is 0 Å². The first-order valence-electron chi connectivity index (χ1n) is 11.6. The molecule has 2 aromatic heterocycles. The molecule has 1 aliphatic heterocycles. The maximum atomic E-state index is 13.1. The molecule has 4 rings (SSSR count). The normalized spacial score (nSPS) is 16.4. The number of allylic oxidation sites excluding steroid dienone is 1. The van der Waals surface area contributed by atoms with Crippen molar-refractivity contribution in [2.24, 2.45) is 0 Å². The van der Waals surface area contributed by atoms with Gasteiger partial charge in [0, 0.05) is 48.8 Å². The Morgan fingerprint density at radius 2 is 1.79 bits per heavy atom. The molecule has 1 aromatic carbocycles. The first kappa shape index (κ1) is 22.8. The van der Waals surface area contributed by atoms with E-state index in [4.69, 9.17) is 9.47 Å². The van der Waals surface area contributed by atoms with Crippen LogP contribution in [0.5, 0.6) is 0 Å². The summed E-state index contributed by atoms with van der Waals surface area (Å²) in [5.74, 6) is -2.84. The largest absolute Gasteiger partial charge is 0.419 e. The summed E-state index contributed by atoms with van der Waals surface area (Å²) in [6.07, 6.45) is 8.69. The highest BCUT2D eigenvalue weighted by molar-refractivity contribution is 6.21. The Balaban J connectivity index is 1.86. The number of benzene rings is 1. The summed E-state index contributed by atoms with van der Waals surface area (Å²) in [6, 6.07) is 13.7. The van der Waals surface area contributed by atoms with E-state index in [1.54, 1.807) is 20.0 Å². The SMILES string of the molecule is CCCCCCC(C(=C1C(=O)OC(C)(C)OC1=O)c1ccc[nH]1)c1cnc2ccccc2c1. The predicted molar refractivity (Wildman–Crippen MR) is 127 cm³/mol. The summed E-state index contributed by atoms with van der Waals surface area (Å²) < 4.78 is 10.9. The second kappa shape index (κ2) is 9.61. The van der Waals surface area contributed by atoms with Gasteiger partial charge in [-0.15, -0.1) is 0 Å². The molecule has 1 N–H and O–H groups in total. The number of hydrogen-bond donors (Lipinski definition) is 1. The summed E-state index contributed by atoms with van der Waals surface area (Å²) in [7, 11) is 0. The van der Waals surface area contributed by atoms with Crippen molar-refractivity contribution in [1.29, 1.82) is 0 Å². The average Bonchev–Trinajstić information content (AvgIpc) is 3.30. The number of carbonyl (C=O) groups excluding carboxylic acids is 2. The molecule has 0 saturated carbocycles. The van der Waals surface area contributed by atoms with Crippen LogP contribution < -0.4 is 0 Å². The summed E-state index contributed by atoms with van der Waals surface area (Å²) in [5, 5.41) is 1.01. The zero-order valence-corrected chi connectivity index (χ0v) is 19.4. The van der Waals surface area contributed by atoms with E-state index in [2.05, 4.69) is 23.0 Å². The molecule has 1 atom stereocenters. The van der Waals surface area contributed by atoms with Gasteiger partial charge in [-0.25, -0.2) is 9.59 Å². The maximum Gasteiger partial charge on any atom is 0.349 e. The number of nitrogens with one attached hydrogen (secondary N) is 1. The average molecular weight is 447 g/mol. The number of ether oxygens (including phenoxy) is 2. The van der Waals surface area contributed by atoms with Crippen LogP contribution in [0.3, 0.4) is 0 Å². The number of aromatic nitrogens is 2. The first-order valence-corrected chi connectivity index (χ1v) is 11.6. The number of cyclic esters (lactones) is 2. The second-order valence-electron chi connectivity index (χ2n) is 8.91. The van der Waals surface area contributed by atoms with E-state index < -0.39 is 17.7 Å². The first-order chi connectivity index (χ1) is 15.9. The van der Waals surface area contributed by atoms with Gasteiger partial charge in [0.1, 0.15) is 0 Å². The van der Waals surface area contributed by atoms with Gasteiger partial charge in [-0.3, -0.25) is 4.98 Å². The highest BCUT2D eigenvalue weighted by Gasteiger charge is 2.42. The molecular formula is C27H30N2O4. The number of pyridine rings is 1. The van der Waals surface area contributed by atoms with Gasteiger partial charge >= 0.3 is 11.9 Å². The van der Waals surface area contributed by atoms with Crippen LogP contribution in [-0.4, -0.2) is 27.7 Å². The zero-order valence-electron chi connectivity index (χ0n) is 19.4. The van der Waals surface area contributed by atoms with Crippen LogP contribution in [0.15, 0.2) is 60.4 Å². The summed E-state index contributed by atoms with van der Waals surface area (Å²) in [5.41, 5.74) is 3.10. The number of esters is 2. The number of carbonyl (C=O) groups is 2. The topological polar surface area (TPSA) is 81.3 Å². The number of aromatic amines is 1. The van der Waals surface area contributed by atoms with Gasteiger partial charge in [0.15, 0.2) is 5.57 Å². The summed E-state index contributed by atoms with van der Waals surface area (Å²) in [4.78, 5) is 34.0. The molecule has 3 aromatic rings. The van der Waals surface area contributed by atoms with Crippen molar-refractivity contribution in [2.45, 2.75) is 64.6 Å². The lowest BCUT2D eigenvalue weighted by Crippen LogP contribution is -2.42. The summed E-state index contributed by atoms with van der Waals surface area (Å²) >= 11 is 0. The van der Waals surface area contributed by atoms with Gasteiger partial charge < -0.3 is 14.5 Å². The molecule has 172 valence electrons. The number of H-pyrrole nitrogens is 1. The molecule has 1 aliphatic rings. The fourth-order valence-electron chi connectivity index (χ4n) is 4.40. The third kappa shape index (κ3) is 5.00. The van der Waals surface area contributed by atoms with Gasteiger partial charge in [-0.2, -0.15) is 0 Å². The zero-order chi connectivity index (χ0) is 23.4. The van der Waals surface area contributed by atoms with Crippen LogP contribution in [0.4, 0.5) is 0 Å². The van der Waals surface area contributed by atoms with Gasteiger partial charge in [-0.05, 0) is 36.2 Å². The van der Waals surface area contributed by atoms with E-state index in [1.165, 1.54) is 0 Å². The molecule has 0 spiro atoms. The molecule has 0 aliphatic carbocycles. The molecule has 6 nitrogen and oxygen atoms in total. The lowest BCUT2D eigenvalue weighted by atomic mass is 9.82. The second-order valence-corrected chi connectivity index (χ2v) is 8.91. The van der Waals surface area contributed by atoms with E-state index in [-0.39, 0.29) is 11.5 Å². The van der Waals surface area contributed by atoms with Crippen molar-refractivity contribution >= 4 is 28.4 Å². The molecular weight excluding hydrogens is 416 g/mol. The van der Waals surface area contributed by atoms with Crippen LogP contribution in [0.1, 0.15) is 70.1 Å². The minimum atomic E-state index is -1.29. The van der Waals surface area contributed by atoms with Gasteiger partial charge in [0.25, 0.3) is 5.79 Å². The Kier molecular flexibility index (Phi) is 6.63. The number of para-hydroxylation sites is 1. The Labute approximate surface area is 194 Å². The van der Waals surface area contributed by atoms with Crippen LogP contribution in [0.25, 0.3) is 16.5 Å². The number of hydrogen-bond acceptors (Lipinski definition) is 5. The van der Waals surface area contributed by atoms with Crippen LogP contribution in [-0.2, 0) is 19.1 Å². The van der Waals surface area contributed by atoms with E-state index in [0.29, 0.717) is 11.3 Å². The van der Waals surface area contributed by atoms with Crippen molar-refractivity contribution < 1.29 is 19.1 Å². The molecule has 1 saturated heterocycles. The van der Waals surface area contributed by atoms with E-state index in [1.807, 2.05) is 42.6 Å². The molecule has 6 heteroatoms. The minimum Gasteiger partial charge on any atom is -0.419 e. The van der Waals surface area contributed by atoms with Crippen molar-refractivity contribution in [1.82, 2.24) is 9.97 Å². The third-order valence-electron chi connectivity index (χ3n) is 5.95. The van der Waals surface area contributed by atoms with E-state index in [9.17, 15) is 9.59 Å².